The van der Waals surface area contributed by atoms with Gasteiger partial charge in [0.25, 0.3) is 0 Å². The number of rotatable bonds is 6. The Hall–Kier alpha value is -3.05. The minimum atomic E-state index is -4.97. The molecule has 0 radical (unpaired) electrons. The zero-order valence-electron chi connectivity index (χ0n) is 11.3. The maximum Gasteiger partial charge on any atom is 0.573 e. The third kappa shape index (κ3) is 5.68. The molecule has 0 spiro atoms. The molecule has 0 aliphatic rings. The van der Waals surface area contributed by atoms with Crippen LogP contribution in [0.4, 0.5) is 24.5 Å². The lowest BCUT2D eigenvalue weighted by Gasteiger charge is -2.16. The topological polar surface area (TPSA) is 140 Å². The van der Waals surface area contributed by atoms with Gasteiger partial charge in [-0.1, -0.05) is 0 Å². The summed E-state index contributed by atoms with van der Waals surface area (Å²) < 4.78 is 39.8. The zero-order chi connectivity index (χ0) is 17.6. The Kier molecular flexibility index (Phi) is 5.70. The summed E-state index contributed by atoms with van der Waals surface area (Å²) in [6.45, 7) is -0.168. The van der Waals surface area contributed by atoms with Crippen molar-refractivity contribution in [1.29, 1.82) is 0 Å². The highest BCUT2D eigenvalue weighted by Gasteiger charge is 2.31. The predicted octanol–water partition coefficient (Wildman–Crippen LogP) is 1.50. The molecule has 1 aromatic carbocycles. The number of nitroso groups, excluding NO2 is 1. The molecule has 126 valence electrons. The van der Waals surface area contributed by atoms with Crippen molar-refractivity contribution in [3.63, 3.8) is 0 Å². The summed E-state index contributed by atoms with van der Waals surface area (Å²) in [5.74, 6) is -2.42. The van der Waals surface area contributed by atoms with Gasteiger partial charge in [-0.15, -0.1) is 18.1 Å². The van der Waals surface area contributed by atoms with Crippen LogP contribution in [0.15, 0.2) is 23.4 Å². The molecule has 0 saturated carbocycles. The van der Waals surface area contributed by atoms with E-state index in [1.807, 2.05) is 0 Å². The molecular weight excluding hydrogens is 325 g/mol. The second kappa shape index (κ2) is 7.29. The van der Waals surface area contributed by atoms with Gasteiger partial charge in [-0.05, 0) is 17.3 Å². The molecule has 0 amide bonds. The minimum absolute atomic E-state index is 0.00402. The van der Waals surface area contributed by atoms with Crippen LogP contribution in [0.25, 0.3) is 0 Å². The Morgan fingerprint density at radius 2 is 2.13 bits per heavy atom. The minimum Gasteiger partial charge on any atom is -0.740 e. The van der Waals surface area contributed by atoms with Crippen LogP contribution in [0.2, 0.25) is 0 Å². The predicted molar refractivity (Wildman–Crippen MR) is 71.3 cm³/mol. The number of ether oxygens (including phenoxy) is 1. The van der Waals surface area contributed by atoms with Gasteiger partial charge in [0, 0.05) is 6.07 Å². The summed E-state index contributed by atoms with van der Waals surface area (Å²) in [5, 5.41) is 25.1. The first-order valence-electron chi connectivity index (χ1n) is 5.92. The van der Waals surface area contributed by atoms with E-state index in [4.69, 9.17) is 10.8 Å². The number of nitrogens with zero attached hydrogens (tertiary/aromatic N) is 2. The van der Waals surface area contributed by atoms with Gasteiger partial charge in [0.1, 0.15) is 11.4 Å². The quantitative estimate of drug-likeness (QED) is 0.178. The monoisotopic (exact) mass is 336 g/mol. The molecule has 1 rings (SSSR count). The number of alkyl halides is 3. The first kappa shape index (κ1) is 18.0. The highest BCUT2D eigenvalue weighted by atomic mass is 19.4. The lowest BCUT2D eigenvalue weighted by molar-refractivity contribution is -0.363. The van der Waals surface area contributed by atoms with E-state index >= 15 is 0 Å². The Morgan fingerprint density at radius 3 is 2.65 bits per heavy atom. The summed E-state index contributed by atoms with van der Waals surface area (Å²) >= 11 is 0. The fraction of sp³-hybridized carbons (Fsp3) is 0.273. The molecule has 9 nitrogen and oxygen atoms in total. The Labute approximate surface area is 126 Å². The molecule has 4 N–H and O–H groups in total. The molecular formula is C11H11F3N4O5. The van der Waals surface area contributed by atoms with Crippen molar-refractivity contribution < 1.29 is 32.5 Å². The maximum atomic E-state index is 12.1. The highest BCUT2D eigenvalue weighted by Crippen LogP contribution is 2.33. The molecule has 0 unspecified atom stereocenters. The second-order valence-corrected chi connectivity index (χ2v) is 4.04. The molecule has 0 aliphatic carbocycles. The molecule has 0 bridgehead atoms. The van der Waals surface area contributed by atoms with Crippen LogP contribution < -0.4 is 15.8 Å². The van der Waals surface area contributed by atoms with Crippen molar-refractivity contribution in [1.82, 2.24) is 5.32 Å². The number of halogens is 3. The maximum absolute atomic E-state index is 12.1. The largest absolute Gasteiger partial charge is 0.740 e. The van der Waals surface area contributed by atoms with E-state index < -0.39 is 35.4 Å². The molecule has 0 aliphatic heterocycles. The number of benzene rings is 1. The van der Waals surface area contributed by atoms with E-state index in [9.17, 15) is 28.1 Å². The summed E-state index contributed by atoms with van der Waals surface area (Å²) in [6.07, 6.45) is -5.30. The zero-order valence-corrected chi connectivity index (χ0v) is 11.3. The molecule has 0 heterocycles. The van der Waals surface area contributed by atoms with E-state index in [0.29, 0.717) is 6.07 Å². The Morgan fingerprint density at radius 1 is 1.48 bits per heavy atom. The van der Waals surface area contributed by atoms with Gasteiger partial charge in [0.2, 0.25) is 0 Å². The Bertz CT molecular complexity index is 633. The van der Waals surface area contributed by atoms with Crippen molar-refractivity contribution in [3.8, 4) is 5.75 Å². The van der Waals surface area contributed by atoms with Crippen molar-refractivity contribution in [2.24, 2.45) is 10.9 Å². The molecule has 0 saturated heterocycles. The molecule has 0 aromatic heterocycles. The molecule has 0 fully saturated rings. The summed E-state index contributed by atoms with van der Waals surface area (Å²) in [4.78, 5) is 21.0. The molecule has 12 heteroatoms. The first-order chi connectivity index (χ1) is 10.6. The fourth-order valence-corrected chi connectivity index (χ4v) is 1.44. The van der Waals surface area contributed by atoms with Gasteiger partial charge in [0.05, 0.1) is 13.0 Å². The van der Waals surface area contributed by atoms with E-state index in [1.54, 1.807) is 0 Å². The van der Waals surface area contributed by atoms with Crippen LogP contribution in [0.5, 0.6) is 5.75 Å². The average Bonchev–Trinajstić information content (AvgIpc) is 2.44. The molecule has 23 heavy (non-hydrogen) atoms. The van der Waals surface area contributed by atoms with Crippen LogP contribution in [0.1, 0.15) is 6.42 Å². The summed E-state index contributed by atoms with van der Waals surface area (Å²) in [6, 6.07) is 2.27. The number of carboxylic acid groups (broad SMARTS) is 1. The summed E-state index contributed by atoms with van der Waals surface area (Å²) in [7, 11) is 0. The molecule has 1 aromatic rings. The number of aliphatic carboxylic acids is 1. The number of hydrogen-bond donors (Lipinski definition) is 3. The van der Waals surface area contributed by atoms with Crippen LogP contribution in [0, 0.1) is 10.1 Å². The lowest BCUT2D eigenvalue weighted by atomic mass is 10.2. The highest BCUT2D eigenvalue weighted by molar-refractivity contribution is 5.76. The number of carbonyl (C=O) groups is 1. The number of nitrogens with one attached hydrogen (secondary N) is 1. The van der Waals surface area contributed by atoms with Crippen molar-refractivity contribution >= 4 is 23.3 Å². The third-order valence-corrected chi connectivity index (χ3v) is 2.36. The fourth-order valence-electron chi connectivity index (χ4n) is 1.44. The van der Waals surface area contributed by atoms with Crippen molar-refractivity contribution in [2.45, 2.75) is 12.8 Å². The van der Waals surface area contributed by atoms with Gasteiger partial charge in [-0.25, -0.2) is 4.74 Å². The normalized spacial score (nSPS) is 12.3. The van der Waals surface area contributed by atoms with Gasteiger partial charge in [-0.3, -0.25) is 15.8 Å². The average molecular weight is 336 g/mol. The van der Waals surface area contributed by atoms with E-state index in [1.165, 1.54) is 0 Å². The number of guanidine groups is 1. The summed E-state index contributed by atoms with van der Waals surface area (Å²) in [5.41, 5.74) is 4.30. The van der Waals surface area contributed by atoms with Gasteiger partial charge >= 0.3 is 18.3 Å². The molecule has 0 atom stereocenters. The number of carboxylic acids is 1. The van der Waals surface area contributed by atoms with Crippen LogP contribution in [0.3, 0.4) is 0 Å². The second-order valence-electron chi connectivity index (χ2n) is 4.04. The van der Waals surface area contributed by atoms with Crippen LogP contribution in [-0.2, 0) is 4.79 Å². The van der Waals surface area contributed by atoms with E-state index in [-0.39, 0.29) is 17.7 Å². The van der Waals surface area contributed by atoms with E-state index in [2.05, 4.69) is 15.2 Å². The van der Waals surface area contributed by atoms with Gasteiger partial charge in [0.15, 0.2) is 5.69 Å². The van der Waals surface area contributed by atoms with Gasteiger partial charge in [-0.2, -0.15) is 0 Å². The number of nitrogens with two attached hydrogens (primary N) is 1. The third-order valence-electron chi connectivity index (χ3n) is 2.36. The van der Waals surface area contributed by atoms with Crippen LogP contribution >= 0.6 is 0 Å². The Balaban J connectivity index is 3.02. The SMILES string of the molecule is N/C(NCCC(=O)O)=[N+](/[O-])c1ccc(OC(F)(F)F)cc1N=O. The van der Waals surface area contributed by atoms with E-state index in [0.717, 1.165) is 12.1 Å². The van der Waals surface area contributed by atoms with Crippen molar-refractivity contribution in [2.75, 3.05) is 6.54 Å². The lowest BCUT2D eigenvalue weighted by Crippen LogP contribution is -2.38. The smallest absolute Gasteiger partial charge is 0.573 e. The van der Waals surface area contributed by atoms with Crippen LogP contribution in [-0.4, -0.2) is 34.7 Å². The number of hydrogen-bond acceptors (Lipinski definition) is 5. The van der Waals surface area contributed by atoms with Gasteiger partial charge < -0.3 is 15.1 Å². The first-order valence-corrected chi connectivity index (χ1v) is 5.92. The standard InChI is InChI=1S/C11H11F3N4O5/c12-11(13,14)23-6-1-2-8(7(5-6)17-21)18(22)10(15)16-4-3-9(19)20/h1-2,5,16H,3-4,15H2,(H,19,20)/b18-10-. The van der Waals surface area contributed by atoms with Crippen molar-refractivity contribution in [3.05, 3.63) is 28.3 Å².